The number of fused-ring (bicyclic) bond motifs is 3. The molecule has 3 heterocycles. The highest BCUT2D eigenvalue weighted by atomic mass is 32.1. The van der Waals surface area contributed by atoms with E-state index in [4.69, 9.17) is 17.0 Å². The van der Waals surface area contributed by atoms with Crippen molar-refractivity contribution in [3.05, 3.63) is 85.7 Å². The smallest absolute Gasteiger partial charge is 0.267 e. The van der Waals surface area contributed by atoms with Crippen molar-refractivity contribution in [2.24, 2.45) is 0 Å². The van der Waals surface area contributed by atoms with Gasteiger partial charge >= 0.3 is 0 Å². The fourth-order valence-electron chi connectivity index (χ4n) is 4.21. The van der Waals surface area contributed by atoms with Crippen molar-refractivity contribution in [1.29, 1.82) is 0 Å². The molecule has 0 aliphatic carbocycles. The highest BCUT2D eigenvalue weighted by Crippen LogP contribution is 2.29. The van der Waals surface area contributed by atoms with Gasteiger partial charge in [0, 0.05) is 12.0 Å². The van der Waals surface area contributed by atoms with Crippen LogP contribution in [0, 0.1) is 4.77 Å². The third-order valence-corrected chi connectivity index (χ3v) is 7.13. The second kappa shape index (κ2) is 7.83. The summed E-state index contributed by atoms with van der Waals surface area (Å²) in [5.41, 5.74) is 3.24. The van der Waals surface area contributed by atoms with Crippen LogP contribution in [0.25, 0.3) is 15.9 Å². The van der Waals surface area contributed by atoms with E-state index < -0.39 is 0 Å². The Morgan fingerprint density at radius 1 is 1.17 bits per heavy atom. The van der Waals surface area contributed by atoms with Crippen LogP contribution in [0.15, 0.2) is 59.4 Å². The predicted molar refractivity (Wildman–Crippen MR) is 123 cm³/mol. The van der Waals surface area contributed by atoms with Gasteiger partial charge in [-0.25, -0.2) is 0 Å². The van der Waals surface area contributed by atoms with Gasteiger partial charge in [0.05, 0.1) is 29.6 Å². The van der Waals surface area contributed by atoms with Crippen molar-refractivity contribution < 1.29 is 9.64 Å². The lowest BCUT2D eigenvalue weighted by atomic mass is 10.0. The molecule has 7 heteroatoms. The fourth-order valence-corrected chi connectivity index (χ4v) is 5.87. The van der Waals surface area contributed by atoms with E-state index in [1.807, 2.05) is 24.3 Å². The maximum Gasteiger partial charge on any atom is 0.267 e. The minimum Gasteiger partial charge on any atom is -0.497 e. The molecule has 0 spiro atoms. The van der Waals surface area contributed by atoms with E-state index in [0.717, 1.165) is 47.7 Å². The molecule has 30 heavy (non-hydrogen) atoms. The first-order chi connectivity index (χ1) is 14.6. The van der Waals surface area contributed by atoms with Gasteiger partial charge in [-0.05, 0) is 42.0 Å². The lowest BCUT2D eigenvalue weighted by Crippen LogP contribution is -3.10. The van der Waals surface area contributed by atoms with Crippen LogP contribution in [-0.4, -0.2) is 23.2 Å². The van der Waals surface area contributed by atoms with Crippen LogP contribution in [0.5, 0.6) is 5.75 Å². The fraction of sp³-hybridized carbons (Fsp3) is 0.217. The van der Waals surface area contributed by atoms with Crippen LogP contribution in [-0.2, 0) is 19.5 Å². The number of nitrogens with one attached hydrogen (secondary N) is 2. The minimum atomic E-state index is -0.0390. The summed E-state index contributed by atoms with van der Waals surface area (Å²) in [5.74, 6) is 0.747. The average molecular weight is 437 g/mol. The van der Waals surface area contributed by atoms with Crippen molar-refractivity contribution in [2.45, 2.75) is 19.5 Å². The number of nitrogens with zero attached hydrogens (tertiary/aromatic N) is 1. The summed E-state index contributed by atoms with van der Waals surface area (Å²) in [5, 5.41) is 0.790. The summed E-state index contributed by atoms with van der Waals surface area (Å²) >= 11 is 7.21. The molecule has 0 radical (unpaired) electrons. The molecule has 1 aliphatic heterocycles. The monoisotopic (exact) mass is 436 g/mol. The number of rotatable bonds is 4. The standard InChI is InChI=1S/C23H21N3O2S2/c1-28-17-9-7-16(8-10-17)26-22(27)20-18-11-12-25(13-15-5-3-2-4-6-15)14-19(18)30-21(20)24-23(26)29/h2-10H,11-14H2,1H3,(H,24,29)/p+1. The molecule has 4 aromatic rings. The van der Waals surface area contributed by atoms with Gasteiger partial charge in [0.15, 0.2) is 4.77 Å². The van der Waals surface area contributed by atoms with E-state index in [1.54, 1.807) is 23.0 Å². The second-order valence-electron chi connectivity index (χ2n) is 7.57. The number of hydrogen-bond donors (Lipinski definition) is 2. The lowest BCUT2D eigenvalue weighted by Gasteiger charge is -2.23. The number of ether oxygens (including phenoxy) is 1. The Morgan fingerprint density at radius 3 is 2.67 bits per heavy atom. The first-order valence-electron chi connectivity index (χ1n) is 9.95. The van der Waals surface area contributed by atoms with Gasteiger partial charge in [-0.2, -0.15) is 0 Å². The molecule has 0 bridgehead atoms. The summed E-state index contributed by atoms with van der Waals surface area (Å²) in [6.07, 6.45) is 0.903. The topological polar surface area (TPSA) is 51.5 Å². The Morgan fingerprint density at radius 2 is 1.93 bits per heavy atom. The molecule has 2 aromatic carbocycles. The Bertz CT molecular complexity index is 1320. The Hall–Kier alpha value is -2.74. The minimum absolute atomic E-state index is 0.0390. The van der Waals surface area contributed by atoms with Gasteiger partial charge in [0.1, 0.15) is 23.7 Å². The average Bonchev–Trinajstić information content (AvgIpc) is 3.12. The first kappa shape index (κ1) is 19.2. The summed E-state index contributed by atoms with van der Waals surface area (Å²) in [4.78, 5) is 20.5. The largest absolute Gasteiger partial charge is 0.497 e. The van der Waals surface area contributed by atoms with Crippen LogP contribution in [0.1, 0.15) is 16.0 Å². The molecule has 2 N–H and O–H groups in total. The Balaban J connectivity index is 1.54. The van der Waals surface area contributed by atoms with Crippen LogP contribution < -0.4 is 15.2 Å². The second-order valence-corrected chi connectivity index (χ2v) is 9.06. The van der Waals surface area contributed by atoms with Gasteiger partial charge < -0.3 is 14.6 Å². The molecular formula is C23H22N3O2S2+. The number of benzene rings is 2. The van der Waals surface area contributed by atoms with Crippen LogP contribution in [0.3, 0.4) is 0 Å². The molecule has 1 unspecified atom stereocenters. The predicted octanol–water partition coefficient (Wildman–Crippen LogP) is 3.26. The van der Waals surface area contributed by atoms with Gasteiger partial charge in [-0.1, -0.05) is 30.3 Å². The molecular weight excluding hydrogens is 414 g/mol. The van der Waals surface area contributed by atoms with E-state index >= 15 is 0 Å². The molecule has 2 aromatic heterocycles. The van der Waals surface area contributed by atoms with Crippen LogP contribution >= 0.6 is 23.6 Å². The van der Waals surface area contributed by atoms with E-state index in [-0.39, 0.29) is 5.56 Å². The highest BCUT2D eigenvalue weighted by Gasteiger charge is 2.26. The summed E-state index contributed by atoms with van der Waals surface area (Å²) in [6, 6.07) is 18.0. The van der Waals surface area contributed by atoms with Gasteiger partial charge in [0.25, 0.3) is 5.56 Å². The van der Waals surface area contributed by atoms with Crippen LogP contribution in [0.4, 0.5) is 0 Å². The van der Waals surface area contributed by atoms with Crippen molar-refractivity contribution in [2.75, 3.05) is 13.7 Å². The molecule has 0 saturated carbocycles. The molecule has 0 saturated heterocycles. The molecule has 1 aliphatic rings. The number of thiophene rings is 1. The maximum atomic E-state index is 13.5. The molecule has 1 atom stereocenters. The van der Waals surface area contributed by atoms with Gasteiger partial charge in [-0.3, -0.25) is 9.36 Å². The third kappa shape index (κ3) is 3.39. The zero-order chi connectivity index (χ0) is 20.7. The van der Waals surface area contributed by atoms with Crippen LogP contribution in [0.2, 0.25) is 0 Å². The third-order valence-electron chi connectivity index (χ3n) is 5.70. The normalized spacial score (nSPS) is 15.8. The maximum absolute atomic E-state index is 13.5. The molecule has 0 fully saturated rings. The number of aromatic nitrogens is 2. The molecule has 0 amide bonds. The molecule has 5 nitrogen and oxygen atoms in total. The van der Waals surface area contributed by atoms with E-state index in [9.17, 15) is 4.79 Å². The van der Waals surface area contributed by atoms with E-state index in [0.29, 0.717) is 4.77 Å². The lowest BCUT2D eigenvalue weighted by molar-refractivity contribution is -0.929. The summed E-state index contributed by atoms with van der Waals surface area (Å²) in [6.45, 7) is 2.96. The first-order valence-corrected chi connectivity index (χ1v) is 11.2. The zero-order valence-corrected chi connectivity index (χ0v) is 18.2. The van der Waals surface area contributed by atoms with E-state index in [2.05, 4.69) is 35.3 Å². The quantitative estimate of drug-likeness (QED) is 0.483. The summed E-state index contributed by atoms with van der Waals surface area (Å²) in [7, 11) is 1.63. The number of quaternary nitrogens is 1. The van der Waals surface area contributed by atoms with E-state index in [1.165, 1.54) is 20.9 Å². The van der Waals surface area contributed by atoms with Gasteiger partial charge in [0.2, 0.25) is 0 Å². The van der Waals surface area contributed by atoms with Gasteiger partial charge in [-0.15, -0.1) is 11.3 Å². The van der Waals surface area contributed by atoms with Crippen molar-refractivity contribution in [3.8, 4) is 11.4 Å². The Kier molecular flexibility index (Phi) is 5.02. The van der Waals surface area contributed by atoms with Crippen molar-refractivity contribution >= 4 is 33.8 Å². The summed E-state index contributed by atoms with van der Waals surface area (Å²) < 4.78 is 7.24. The molecule has 5 rings (SSSR count). The number of methoxy groups -OCH3 is 1. The zero-order valence-electron chi connectivity index (χ0n) is 16.6. The number of H-pyrrole nitrogens is 1. The number of hydrogen-bond acceptors (Lipinski definition) is 4. The number of aromatic amines is 1. The highest BCUT2D eigenvalue weighted by molar-refractivity contribution is 7.71. The Labute approximate surface area is 183 Å². The SMILES string of the molecule is COc1ccc(-n2c(=S)[nH]c3sc4c(c3c2=O)CC[NH+](Cc2ccccc2)C4)cc1. The van der Waals surface area contributed by atoms with Crippen molar-refractivity contribution in [3.63, 3.8) is 0 Å². The van der Waals surface area contributed by atoms with Crippen molar-refractivity contribution in [1.82, 2.24) is 9.55 Å². The molecule has 152 valence electrons.